The van der Waals surface area contributed by atoms with Gasteiger partial charge in [0.1, 0.15) is 11.4 Å². The molecule has 0 atom stereocenters. The number of aryl methyl sites for hydroxylation is 2. The van der Waals surface area contributed by atoms with Gasteiger partial charge in [0.25, 0.3) is 0 Å². The lowest BCUT2D eigenvalue weighted by Crippen LogP contribution is -2.36. The van der Waals surface area contributed by atoms with Crippen LogP contribution in [0.25, 0.3) is 0 Å². The van der Waals surface area contributed by atoms with E-state index in [1.165, 1.54) is 16.7 Å². The van der Waals surface area contributed by atoms with Crippen molar-refractivity contribution in [2.75, 3.05) is 26.3 Å². The molecule has 0 spiro atoms. The van der Waals surface area contributed by atoms with Gasteiger partial charge in [0, 0.05) is 13.1 Å². The van der Waals surface area contributed by atoms with E-state index in [-0.39, 0.29) is 5.60 Å². The van der Waals surface area contributed by atoms with Gasteiger partial charge in [-0.25, -0.2) is 0 Å². The molecule has 0 saturated heterocycles. The first kappa shape index (κ1) is 20.5. The van der Waals surface area contributed by atoms with Crippen LogP contribution in [0.2, 0.25) is 0 Å². The minimum absolute atomic E-state index is 0.349. The smallest absolute Gasteiger partial charge is 0.127 e. The third-order valence-electron chi connectivity index (χ3n) is 4.57. The fourth-order valence-corrected chi connectivity index (χ4v) is 2.83. The van der Waals surface area contributed by atoms with Crippen LogP contribution in [-0.4, -0.2) is 36.8 Å². The Balaban J connectivity index is 1.75. The van der Waals surface area contributed by atoms with Crippen molar-refractivity contribution in [2.45, 2.75) is 46.8 Å². The number of ether oxygens (including phenoxy) is 2. The van der Waals surface area contributed by atoms with Gasteiger partial charge in [-0.05, 0) is 63.1 Å². The first-order valence-electron chi connectivity index (χ1n) is 9.50. The number of likely N-dealkylation sites (N-methyl/N-ethyl adjacent to an activating group) is 1. The van der Waals surface area contributed by atoms with E-state index in [2.05, 4.69) is 82.0 Å². The Morgan fingerprint density at radius 3 is 2.35 bits per heavy atom. The predicted molar refractivity (Wildman–Crippen MR) is 109 cm³/mol. The third-order valence-corrected chi connectivity index (χ3v) is 4.57. The molecule has 0 aliphatic carbocycles. The zero-order valence-corrected chi connectivity index (χ0v) is 16.9. The van der Waals surface area contributed by atoms with Gasteiger partial charge >= 0.3 is 0 Å². The Bertz CT molecular complexity index is 667. The van der Waals surface area contributed by atoms with Gasteiger partial charge in [-0.1, -0.05) is 43.3 Å². The van der Waals surface area contributed by atoms with Crippen molar-refractivity contribution in [1.82, 2.24) is 4.90 Å². The summed E-state index contributed by atoms with van der Waals surface area (Å²) >= 11 is 0. The summed E-state index contributed by atoms with van der Waals surface area (Å²) in [6.07, 6.45) is 0. The highest BCUT2D eigenvalue weighted by Crippen LogP contribution is 2.21. The van der Waals surface area contributed by atoms with Gasteiger partial charge in [0.05, 0.1) is 13.2 Å². The van der Waals surface area contributed by atoms with Crippen molar-refractivity contribution >= 4 is 0 Å². The van der Waals surface area contributed by atoms with Crippen LogP contribution in [0.1, 0.15) is 37.5 Å². The standard InChI is InChI=1S/C23H33NO2/c1-6-24(17-21-10-8-7-9-11-21)14-15-25-18-23(4,5)26-22-13-12-19(2)20(3)16-22/h7-13,16H,6,14-15,17-18H2,1-5H3. The van der Waals surface area contributed by atoms with E-state index in [0.29, 0.717) is 13.2 Å². The molecule has 26 heavy (non-hydrogen) atoms. The van der Waals surface area contributed by atoms with Crippen molar-refractivity contribution in [2.24, 2.45) is 0 Å². The lowest BCUT2D eigenvalue weighted by molar-refractivity contribution is -0.00946. The average Bonchev–Trinajstić information content (AvgIpc) is 2.61. The first-order valence-corrected chi connectivity index (χ1v) is 9.50. The van der Waals surface area contributed by atoms with E-state index in [1.54, 1.807) is 0 Å². The molecule has 2 aromatic carbocycles. The van der Waals surface area contributed by atoms with Crippen LogP contribution in [-0.2, 0) is 11.3 Å². The monoisotopic (exact) mass is 355 g/mol. The second kappa shape index (κ2) is 9.75. The Morgan fingerprint density at radius 1 is 0.962 bits per heavy atom. The molecule has 0 heterocycles. The minimum atomic E-state index is -0.349. The molecule has 0 aliphatic heterocycles. The predicted octanol–water partition coefficient (Wildman–Crippen LogP) is 5.00. The fourth-order valence-electron chi connectivity index (χ4n) is 2.83. The summed E-state index contributed by atoms with van der Waals surface area (Å²) in [5.41, 5.74) is 3.52. The molecule has 142 valence electrons. The highest BCUT2D eigenvalue weighted by atomic mass is 16.5. The summed E-state index contributed by atoms with van der Waals surface area (Å²) < 4.78 is 12.1. The number of rotatable bonds is 10. The zero-order valence-electron chi connectivity index (χ0n) is 16.9. The van der Waals surface area contributed by atoms with Crippen LogP contribution < -0.4 is 4.74 Å². The topological polar surface area (TPSA) is 21.7 Å². The van der Waals surface area contributed by atoms with E-state index >= 15 is 0 Å². The number of hydrogen-bond donors (Lipinski definition) is 0. The summed E-state index contributed by atoms with van der Waals surface area (Å²) in [6.45, 7) is 14.7. The Kier molecular flexibility index (Phi) is 7.67. The Hall–Kier alpha value is -1.84. The quantitative estimate of drug-likeness (QED) is 0.560. The summed E-state index contributed by atoms with van der Waals surface area (Å²) in [5.74, 6) is 0.904. The van der Waals surface area contributed by atoms with Crippen molar-refractivity contribution in [3.8, 4) is 5.75 Å². The van der Waals surface area contributed by atoms with Crippen molar-refractivity contribution in [3.63, 3.8) is 0 Å². The second-order valence-corrected chi connectivity index (χ2v) is 7.51. The van der Waals surface area contributed by atoms with E-state index in [1.807, 2.05) is 6.07 Å². The van der Waals surface area contributed by atoms with Gasteiger partial charge in [-0.2, -0.15) is 0 Å². The van der Waals surface area contributed by atoms with E-state index < -0.39 is 0 Å². The highest BCUT2D eigenvalue weighted by molar-refractivity contribution is 5.34. The largest absolute Gasteiger partial charge is 0.485 e. The summed E-state index contributed by atoms with van der Waals surface area (Å²) in [5, 5.41) is 0. The molecule has 0 N–H and O–H groups in total. The van der Waals surface area contributed by atoms with E-state index in [9.17, 15) is 0 Å². The van der Waals surface area contributed by atoms with E-state index in [0.717, 1.165) is 25.4 Å². The molecule has 2 rings (SSSR count). The summed E-state index contributed by atoms with van der Waals surface area (Å²) in [6, 6.07) is 16.8. The van der Waals surface area contributed by atoms with Crippen LogP contribution in [0, 0.1) is 13.8 Å². The lowest BCUT2D eigenvalue weighted by atomic mass is 10.1. The van der Waals surface area contributed by atoms with E-state index in [4.69, 9.17) is 9.47 Å². The maximum atomic E-state index is 6.13. The Morgan fingerprint density at radius 2 is 1.69 bits per heavy atom. The summed E-state index contributed by atoms with van der Waals surface area (Å²) in [4.78, 5) is 2.40. The first-order chi connectivity index (χ1) is 12.4. The molecular weight excluding hydrogens is 322 g/mol. The molecule has 2 aromatic rings. The van der Waals surface area contributed by atoms with Crippen molar-refractivity contribution in [1.29, 1.82) is 0 Å². The van der Waals surface area contributed by atoms with Crippen LogP contribution in [0.15, 0.2) is 48.5 Å². The van der Waals surface area contributed by atoms with Crippen LogP contribution in [0.5, 0.6) is 5.75 Å². The third kappa shape index (κ3) is 6.81. The molecule has 3 heteroatoms. The second-order valence-electron chi connectivity index (χ2n) is 7.51. The maximum absolute atomic E-state index is 6.13. The number of benzene rings is 2. The van der Waals surface area contributed by atoms with Crippen LogP contribution in [0.3, 0.4) is 0 Å². The highest BCUT2D eigenvalue weighted by Gasteiger charge is 2.20. The molecule has 0 fully saturated rings. The molecular formula is C23H33NO2. The average molecular weight is 356 g/mol. The normalized spacial score (nSPS) is 11.8. The van der Waals surface area contributed by atoms with Crippen LogP contribution in [0.4, 0.5) is 0 Å². The molecule has 3 nitrogen and oxygen atoms in total. The Labute approximate surface area is 158 Å². The van der Waals surface area contributed by atoms with Crippen molar-refractivity contribution < 1.29 is 9.47 Å². The SMILES string of the molecule is CCN(CCOCC(C)(C)Oc1ccc(C)c(C)c1)Cc1ccccc1. The number of hydrogen-bond acceptors (Lipinski definition) is 3. The summed E-state index contributed by atoms with van der Waals surface area (Å²) in [7, 11) is 0. The molecule has 0 aliphatic rings. The molecule has 0 amide bonds. The van der Waals surface area contributed by atoms with Gasteiger partial charge in [-0.15, -0.1) is 0 Å². The van der Waals surface area contributed by atoms with Crippen LogP contribution >= 0.6 is 0 Å². The minimum Gasteiger partial charge on any atom is -0.485 e. The molecule has 0 bridgehead atoms. The number of nitrogens with zero attached hydrogens (tertiary/aromatic N) is 1. The van der Waals surface area contributed by atoms with Gasteiger partial charge in [0.15, 0.2) is 0 Å². The van der Waals surface area contributed by atoms with Gasteiger partial charge < -0.3 is 9.47 Å². The molecule has 0 aromatic heterocycles. The van der Waals surface area contributed by atoms with Crippen molar-refractivity contribution in [3.05, 3.63) is 65.2 Å². The zero-order chi connectivity index (χ0) is 19.0. The molecule has 0 saturated carbocycles. The lowest BCUT2D eigenvalue weighted by Gasteiger charge is -2.27. The molecule has 0 unspecified atom stereocenters. The molecule has 0 radical (unpaired) electrons. The fraction of sp³-hybridized carbons (Fsp3) is 0.478. The van der Waals surface area contributed by atoms with Gasteiger partial charge in [-0.3, -0.25) is 4.90 Å². The van der Waals surface area contributed by atoms with Gasteiger partial charge in [0.2, 0.25) is 0 Å². The maximum Gasteiger partial charge on any atom is 0.127 e.